The number of hydrogen-bond acceptors (Lipinski definition) is 11. The van der Waals surface area contributed by atoms with Crippen LogP contribution in [0.25, 0.3) is 0 Å². The number of aliphatic hydroxyl groups is 2. The Hall–Kier alpha value is -4.88. The molecule has 0 bridgehead atoms. The average Bonchev–Trinajstić information content (AvgIpc) is 3.46. The minimum atomic E-state index is -1.94. The average molecular weight is 1100 g/mol. The number of carbonyl (C=O) groups is 4. The number of carbonyl (C=O) groups excluding carboxylic acids is 3. The van der Waals surface area contributed by atoms with Gasteiger partial charge in [-0.05, 0) is 89.9 Å². The van der Waals surface area contributed by atoms with Crippen molar-refractivity contribution in [1.82, 2.24) is 0 Å². The molecular formula is C67H106O12. The predicted molar refractivity (Wildman–Crippen MR) is 321 cm³/mol. The Morgan fingerprint density at radius 1 is 0.443 bits per heavy atom. The van der Waals surface area contributed by atoms with Crippen molar-refractivity contribution in [2.24, 2.45) is 0 Å². The Balaban J connectivity index is 2.75. The molecule has 0 saturated carbocycles. The van der Waals surface area contributed by atoms with Crippen LogP contribution in [0.5, 0.6) is 0 Å². The summed E-state index contributed by atoms with van der Waals surface area (Å²) in [6.07, 6.45) is 61.9. The number of carboxylic acid groups (broad SMARTS) is 1. The molecule has 0 aromatic heterocycles. The lowest BCUT2D eigenvalue weighted by Gasteiger charge is -2.40. The molecule has 0 spiro atoms. The first-order chi connectivity index (χ1) is 38.6. The zero-order valence-corrected chi connectivity index (χ0v) is 49.1. The van der Waals surface area contributed by atoms with Crippen LogP contribution in [-0.4, -0.2) is 89.2 Å². The summed E-state index contributed by atoms with van der Waals surface area (Å²) in [4.78, 5) is 51.1. The molecule has 0 aromatic carbocycles. The van der Waals surface area contributed by atoms with Crippen molar-refractivity contribution in [2.45, 2.75) is 263 Å². The molecule has 446 valence electrons. The molecular weight excluding hydrogens is 997 g/mol. The highest BCUT2D eigenvalue weighted by Gasteiger charge is 2.50. The van der Waals surface area contributed by atoms with Crippen molar-refractivity contribution in [2.75, 3.05) is 13.2 Å². The lowest BCUT2D eigenvalue weighted by molar-refractivity contribution is -0.301. The minimum Gasteiger partial charge on any atom is -0.479 e. The van der Waals surface area contributed by atoms with Crippen LogP contribution >= 0.6 is 0 Å². The van der Waals surface area contributed by atoms with E-state index in [9.17, 15) is 34.5 Å². The van der Waals surface area contributed by atoms with Gasteiger partial charge in [-0.2, -0.15) is 0 Å². The van der Waals surface area contributed by atoms with Gasteiger partial charge in [0.25, 0.3) is 0 Å². The largest absolute Gasteiger partial charge is 0.479 e. The van der Waals surface area contributed by atoms with Crippen molar-refractivity contribution in [3.8, 4) is 0 Å². The highest BCUT2D eigenvalue weighted by atomic mass is 16.7. The first-order valence-electron chi connectivity index (χ1n) is 30.5. The molecule has 1 aliphatic heterocycles. The Morgan fingerprint density at radius 2 is 0.835 bits per heavy atom. The number of esters is 3. The zero-order valence-electron chi connectivity index (χ0n) is 49.1. The molecule has 0 amide bonds. The molecule has 0 aromatic rings. The third-order valence-corrected chi connectivity index (χ3v) is 13.1. The highest BCUT2D eigenvalue weighted by molar-refractivity contribution is 5.74. The Bertz CT molecular complexity index is 1840. The fourth-order valence-electron chi connectivity index (χ4n) is 8.47. The molecule has 1 saturated heterocycles. The maximum atomic E-state index is 13.2. The number of rotatable bonds is 50. The predicted octanol–water partition coefficient (Wildman–Crippen LogP) is 16.0. The van der Waals surface area contributed by atoms with Gasteiger partial charge in [-0.25, -0.2) is 4.79 Å². The van der Waals surface area contributed by atoms with Gasteiger partial charge in [0, 0.05) is 12.8 Å². The highest BCUT2D eigenvalue weighted by Crippen LogP contribution is 2.26. The van der Waals surface area contributed by atoms with Crippen molar-refractivity contribution in [3.05, 3.63) is 122 Å². The minimum absolute atomic E-state index is 0.141. The number of unbranched alkanes of at least 4 members (excludes halogenated alkanes) is 17. The summed E-state index contributed by atoms with van der Waals surface area (Å²) in [7, 11) is 0. The normalized spacial score (nSPS) is 18.7. The maximum absolute atomic E-state index is 13.2. The topological polar surface area (TPSA) is 175 Å². The third-order valence-electron chi connectivity index (χ3n) is 13.1. The molecule has 12 nitrogen and oxygen atoms in total. The Labute approximate surface area is 478 Å². The number of aliphatic carboxylic acids is 1. The fraction of sp³-hybridized carbons (Fsp3) is 0.642. The summed E-state index contributed by atoms with van der Waals surface area (Å²) in [6.45, 7) is 5.69. The summed E-state index contributed by atoms with van der Waals surface area (Å²) >= 11 is 0. The molecule has 0 radical (unpaired) electrons. The van der Waals surface area contributed by atoms with Crippen molar-refractivity contribution < 1.29 is 58.2 Å². The van der Waals surface area contributed by atoms with Crippen LogP contribution in [0.3, 0.4) is 0 Å². The summed E-state index contributed by atoms with van der Waals surface area (Å²) in [6, 6.07) is 0. The van der Waals surface area contributed by atoms with Crippen LogP contribution < -0.4 is 0 Å². The molecule has 12 heteroatoms. The van der Waals surface area contributed by atoms with Gasteiger partial charge in [-0.15, -0.1) is 0 Å². The number of ether oxygens (including phenoxy) is 5. The first-order valence-corrected chi connectivity index (χ1v) is 30.5. The fourth-order valence-corrected chi connectivity index (χ4v) is 8.47. The van der Waals surface area contributed by atoms with Gasteiger partial charge in [0.15, 0.2) is 24.6 Å². The number of aliphatic hydroxyl groups excluding tert-OH is 2. The number of hydrogen-bond donors (Lipinski definition) is 3. The van der Waals surface area contributed by atoms with Crippen LogP contribution in [0.2, 0.25) is 0 Å². The van der Waals surface area contributed by atoms with Crippen LogP contribution in [-0.2, 0) is 42.9 Å². The summed E-state index contributed by atoms with van der Waals surface area (Å²) in [5.74, 6) is -3.33. The Morgan fingerprint density at radius 3 is 1.28 bits per heavy atom. The third kappa shape index (κ3) is 43.6. The molecule has 1 rings (SSSR count). The van der Waals surface area contributed by atoms with E-state index in [1.807, 2.05) is 12.2 Å². The van der Waals surface area contributed by atoms with Gasteiger partial charge in [0.2, 0.25) is 0 Å². The van der Waals surface area contributed by atoms with E-state index in [2.05, 4.69) is 118 Å². The quantitative estimate of drug-likeness (QED) is 0.0228. The van der Waals surface area contributed by atoms with Gasteiger partial charge in [0.05, 0.1) is 13.0 Å². The van der Waals surface area contributed by atoms with Crippen LogP contribution in [0, 0.1) is 0 Å². The van der Waals surface area contributed by atoms with E-state index in [-0.39, 0.29) is 25.9 Å². The van der Waals surface area contributed by atoms with Crippen molar-refractivity contribution >= 4 is 23.9 Å². The Kier molecular flexibility index (Phi) is 49.1. The van der Waals surface area contributed by atoms with E-state index < -0.39 is 67.3 Å². The van der Waals surface area contributed by atoms with Crippen LogP contribution in [0.1, 0.15) is 226 Å². The second kappa shape index (κ2) is 53.7. The van der Waals surface area contributed by atoms with Gasteiger partial charge < -0.3 is 39.0 Å². The molecule has 1 aliphatic rings. The summed E-state index contributed by atoms with van der Waals surface area (Å²) in [5.41, 5.74) is 0. The number of allylic oxidation sites excluding steroid dienone is 19. The monoisotopic (exact) mass is 1100 g/mol. The molecule has 0 aliphatic carbocycles. The van der Waals surface area contributed by atoms with Gasteiger partial charge in [0.1, 0.15) is 18.8 Å². The lowest BCUT2D eigenvalue weighted by Crippen LogP contribution is -2.61. The maximum Gasteiger partial charge on any atom is 0.335 e. The zero-order chi connectivity index (χ0) is 57.5. The van der Waals surface area contributed by atoms with Crippen LogP contribution in [0.15, 0.2) is 122 Å². The summed E-state index contributed by atoms with van der Waals surface area (Å²) < 4.78 is 28.3. The van der Waals surface area contributed by atoms with E-state index in [0.29, 0.717) is 19.3 Å². The SMILES string of the molecule is CC/C=C\C/C=C\C/C=C\C/C=C\C/C=C\CCCCCC(=O)OCC(COC1OC(C(=O)O)C(O)C(O)C1OC(=O)C/C=C\C/C=C\C/C=C\C/C=C\C/C=C\CC)OC(=O)CCCCCCCCCCCCCCCCC. The molecule has 3 N–H and O–H groups in total. The second-order valence-electron chi connectivity index (χ2n) is 20.2. The lowest BCUT2D eigenvalue weighted by atomic mass is 9.98. The van der Waals surface area contributed by atoms with Crippen LogP contribution in [0.4, 0.5) is 0 Å². The van der Waals surface area contributed by atoms with Gasteiger partial charge in [-0.1, -0.05) is 239 Å². The van der Waals surface area contributed by atoms with Crippen molar-refractivity contribution in [1.29, 1.82) is 0 Å². The first kappa shape index (κ1) is 72.1. The van der Waals surface area contributed by atoms with E-state index in [0.717, 1.165) is 96.3 Å². The van der Waals surface area contributed by atoms with Crippen molar-refractivity contribution in [3.63, 3.8) is 0 Å². The number of carboxylic acids is 1. The standard InChI is InChI=1S/C67H106O12/c1-4-7-10-13-16-19-22-25-28-29-30-31-34-35-38-41-44-47-50-53-59(68)75-56-58(77-60(69)54-51-48-45-42-39-36-32-26-23-20-17-14-11-8-5-2)57-76-67-65(63(72)62(71)64(79-67)66(73)74)78-61(70)55-52-49-46-43-40-37-33-27-24-21-18-15-12-9-6-3/h7,9-10,12,16,18-19,21,25,27-28,30-31,33,35,38,40,43,49,52,58,62-65,67,71-72H,4-6,8,11,13-15,17,20,22-24,26,29,32,34,36-37,39,41-42,44-48,50-51,53-57H2,1-3H3,(H,73,74)/b10-7-,12-9-,19-16-,21-18-,28-25-,31-30-,33-27-,38-35-,43-40-,52-49-. The van der Waals surface area contributed by atoms with E-state index in [1.54, 1.807) is 12.2 Å². The van der Waals surface area contributed by atoms with E-state index in [4.69, 9.17) is 23.7 Å². The van der Waals surface area contributed by atoms with Gasteiger partial charge in [-0.3, -0.25) is 14.4 Å². The smallest absolute Gasteiger partial charge is 0.335 e. The van der Waals surface area contributed by atoms with E-state index in [1.165, 1.54) is 70.6 Å². The molecule has 79 heavy (non-hydrogen) atoms. The molecule has 6 atom stereocenters. The van der Waals surface area contributed by atoms with E-state index >= 15 is 0 Å². The molecule has 1 heterocycles. The summed E-state index contributed by atoms with van der Waals surface area (Å²) in [5, 5.41) is 31.5. The molecule has 1 fully saturated rings. The molecule has 6 unspecified atom stereocenters. The van der Waals surface area contributed by atoms with Gasteiger partial charge >= 0.3 is 23.9 Å². The second-order valence-corrected chi connectivity index (χ2v) is 20.2.